The van der Waals surface area contributed by atoms with E-state index >= 15 is 0 Å². The van der Waals surface area contributed by atoms with Gasteiger partial charge in [-0.05, 0) is 42.6 Å². The number of hydrogen-bond donors (Lipinski definition) is 1. The van der Waals surface area contributed by atoms with E-state index in [2.05, 4.69) is 34.0 Å². The summed E-state index contributed by atoms with van der Waals surface area (Å²) in [4.78, 5) is 2.59. The van der Waals surface area contributed by atoms with Crippen molar-refractivity contribution < 1.29 is 0 Å². The first-order chi connectivity index (χ1) is 10.3. The highest BCUT2D eigenvalue weighted by atomic mass is 35.5. The molecule has 0 aliphatic heterocycles. The number of aromatic nitrogens is 2. The third kappa shape index (κ3) is 3.95. The molecule has 0 aliphatic carbocycles. The fourth-order valence-electron chi connectivity index (χ4n) is 2.20. The molecule has 3 aromatic rings. The van der Waals surface area contributed by atoms with Crippen molar-refractivity contribution in [2.75, 3.05) is 6.54 Å². The van der Waals surface area contributed by atoms with Gasteiger partial charge in [-0.3, -0.25) is 4.68 Å². The molecule has 6 heteroatoms. The lowest BCUT2D eigenvalue weighted by Crippen LogP contribution is -2.23. The van der Waals surface area contributed by atoms with Crippen LogP contribution in [0.2, 0.25) is 4.34 Å². The molecular weight excluding hydrogens is 322 g/mol. The molecule has 3 rings (SSSR count). The number of aryl methyl sites for hydroxylation is 1. The summed E-state index contributed by atoms with van der Waals surface area (Å²) in [7, 11) is 0. The minimum Gasteiger partial charge on any atom is -0.305 e. The minimum absolute atomic E-state index is 0.236. The van der Waals surface area contributed by atoms with Crippen LogP contribution in [0.15, 0.2) is 48.1 Å². The lowest BCUT2D eigenvalue weighted by molar-refractivity contribution is 0.524. The predicted molar refractivity (Wildman–Crippen MR) is 90.3 cm³/mol. The minimum atomic E-state index is 0.236. The summed E-state index contributed by atoms with van der Waals surface area (Å²) < 4.78 is 2.80. The predicted octanol–water partition coefficient (Wildman–Crippen LogP) is 4.43. The molecule has 110 valence electrons. The van der Waals surface area contributed by atoms with E-state index in [1.54, 1.807) is 22.7 Å². The maximum atomic E-state index is 6.08. The molecule has 0 saturated heterocycles. The maximum Gasteiger partial charge on any atom is 0.0931 e. The van der Waals surface area contributed by atoms with Gasteiger partial charge in [0.05, 0.1) is 10.4 Å². The van der Waals surface area contributed by atoms with Gasteiger partial charge in [0.2, 0.25) is 0 Å². The Labute approximate surface area is 137 Å². The van der Waals surface area contributed by atoms with Gasteiger partial charge in [0.15, 0.2) is 0 Å². The van der Waals surface area contributed by atoms with Crippen molar-refractivity contribution in [2.24, 2.45) is 0 Å². The zero-order valence-electron chi connectivity index (χ0n) is 11.4. The molecule has 0 aliphatic rings. The third-order valence-corrected chi connectivity index (χ3v) is 5.41. The Hall–Kier alpha value is -1.14. The summed E-state index contributed by atoms with van der Waals surface area (Å²) in [6.07, 6.45) is 4.86. The van der Waals surface area contributed by atoms with Gasteiger partial charge in [0.25, 0.3) is 0 Å². The van der Waals surface area contributed by atoms with Gasteiger partial charge >= 0.3 is 0 Å². The van der Waals surface area contributed by atoms with E-state index in [1.165, 1.54) is 9.75 Å². The van der Waals surface area contributed by atoms with Gasteiger partial charge in [0, 0.05) is 28.7 Å². The van der Waals surface area contributed by atoms with Crippen molar-refractivity contribution in [2.45, 2.75) is 19.0 Å². The van der Waals surface area contributed by atoms with Crippen LogP contribution in [0.1, 0.15) is 22.2 Å². The summed E-state index contributed by atoms with van der Waals surface area (Å²) in [5.74, 6) is 0. The molecule has 0 bridgehead atoms. The van der Waals surface area contributed by atoms with Gasteiger partial charge in [-0.25, -0.2) is 0 Å². The number of rotatable bonds is 7. The van der Waals surface area contributed by atoms with Crippen LogP contribution in [0, 0.1) is 0 Å². The van der Waals surface area contributed by atoms with E-state index < -0.39 is 0 Å². The Balaban J connectivity index is 1.60. The van der Waals surface area contributed by atoms with Crippen molar-refractivity contribution in [3.63, 3.8) is 0 Å². The van der Waals surface area contributed by atoms with Gasteiger partial charge < -0.3 is 5.32 Å². The molecule has 0 spiro atoms. The Morgan fingerprint density at radius 3 is 2.86 bits per heavy atom. The van der Waals surface area contributed by atoms with Gasteiger partial charge in [-0.2, -0.15) is 5.10 Å². The SMILES string of the molecule is Clc1ccc(C(NCCCn2cccn2)c2cccs2)s1. The first-order valence-corrected chi connectivity index (χ1v) is 8.90. The number of nitrogens with zero attached hydrogens (tertiary/aromatic N) is 2. The van der Waals surface area contributed by atoms with Crippen LogP contribution in [-0.2, 0) is 6.54 Å². The first-order valence-electron chi connectivity index (χ1n) is 6.82. The first kappa shape index (κ1) is 14.8. The van der Waals surface area contributed by atoms with Crippen molar-refractivity contribution in [1.29, 1.82) is 0 Å². The van der Waals surface area contributed by atoms with E-state index in [1.807, 2.05) is 29.2 Å². The van der Waals surface area contributed by atoms with E-state index in [0.717, 1.165) is 23.8 Å². The molecule has 3 heterocycles. The summed E-state index contributed by atoms with van der Waals surface area (Å²) in [5, 5.41) is 9.97. The Bertz CT molecular complexity index is 646. The molecule has 0 radical (unpaired) electrons. The van der Waals surface area contributed by atoms with Crippen LogP contribution in [0.25, 0.3) is 0 Å². The molecule has 0 amide bonds. The smallest absolute Gasteiger partial charge is 0.0931 e. The highest BCUT2D eigenvalue weighted by molar-refractivity contribution is 7.16. The van der Waals surface area contributed by atoms with Crippen LogP contribution in [0.4, 0.5) is 0 Å². The van der Waals surface area contributed by atoms with Crippen LogP contribution in [0.3, 0.4) is 0 Å². The van der Waals surface area contributed by atoms with E-state index in [0.29, 0.717) is 0 Å². The molecular formula is C15H16ClN3S2. The standard InChI is InChI=1S/C15H16ClN3S2/c16-14-6-5-13(21-14)15(12-4-1-11-20-12)17-7-2-9-19-10-3-8-18-19/h1,3-6,8,10-11,15,17H,2,7,9H2. The molecule has 1 unspecified atom stereocenters. The molecule has 1 N–H and O–H groups in total. The van der Waals surface area contributed by atoms with E-state index in [9.17, 15) is 0 Å². The Kier molecular flexibility index (Phi) is 5.08. The van der Waals surface area contributed by atoms with Gasteiger partial charge in [-0.15, -0.1) is 22.7 Å². The van der Waals surface area contributed by atoms with Crippen molar-refractivity contribution in [1.82, 2.24) is 15.1 Å². The summed E-state index contributed by atoms with van der Waals surface area (Å²) in [5.41, 5.74) is 0. The number of thiophene rings is 2. The summed E-state index contributed by atoms with van der Waals surface area (Å²) >= 11 is 9.49. The molecule has 0 saturated carbocycles. The monoisotopic (exact) mass is 337 g/mol. The van der Waals surface area contributed by atoms with Crippen LogP contribution in [-0.4, -0.2) is 16.3 Å². The topological polar surface area (TPSA) is 29.9 Å². The highest BCUT2D eigenvalue weighted by Crippen LogP contribution is 2.32. The van der Waals surface area contributed by atoms with Crippen LogP contribution in [0.5, 0.6) is 0 Å². The van der Waals surface area contributed by atoms with E-state index in [4.69, 9.17) is 11.6 Å². The molecule has 1 atom stereocenters. The number of halogens is 1. The van der Waals surface area contributed by atoms with Crippen molar-refractivity contribution >= 4 is 34.3 Å². The number of nitrogens with one attached hydrogen (secondary N) is 1. The fraction of sp³-hybridized carbons (Fsp3) is 0.267. The Morgan fingerprint density at radius 1 is 1.24 bits per heavy atom. The van der Waals surface area contributed by atoms with Gasteiger partial charge in [0.1, 0.15) is 0 Å². The molecule has 3 aromatic heterocycles. The largest absolute Gasteiger partial charge is 0.305 e. The fourth-order valence-corrected chi connectivity index (χ4v) is 4.25. The molecule has 0 fully saturated rings. The maximum absolute atomic E-state index is 6.08. The zero-order chi connectivity index (χ0) is 14.5. The summed E-state index contributed by atoms with van der Waals surface area (Å²) in [6.45, 7) is 1.88. The Morgan fingerprint density at radius 2 is 2.19 bits per heavy atom. The van der Waals surface area contributed by atoms with E-state index in [-0.39, 0.29) is 6.04 Å². The lowest BCUT2D eigenvalue weighted by Gasteiger charge is -2.16. The third-order valence-electron chi connectivity index (χ3n) is 3.18. The number of hydrogen-bond acceptors (Lipinski definition) is 4. The average molecular weight is 338 g/mol. The van der Waals surface area contributed by atoms with Crippen LogP contribution < -0.4 is 5.32 Å². The van der Waals surface area contributed by atoms with Crippen molar-refractivity contribution in [3.8, 4) is 0 Å². The second-order valence-corrected chi connectivity index (χ2v) is 7.39. The second-order valence-electron chi connectivity index (χ2n) is 4.67. The van der Waals surface area contributed by atoms with Crippen LogP contribution >= 0.6 is 34.3 Å². The normalized spacial score (nSPS) is 12.6. The lowest BCUT2D eigenvalue weighted by atomic mass is 10.2. The molecule has 0 aromatic carbocycles. The highest BCUT2D eigenvalue weighted by Gasteiger charge is 2.16. The molecule has 21 heavy (non-hydrogen) atoms. The quantitative estimate of drug-likeness (QED) is 0.646. The van der Waals surface area contributed by atoms with Crippen molar-refractivity contribution in [3.05, 3.63) is 62.2 Å². The average Bonchev–Trinajstić information content (AvgIpc) is 3.20. The molecule has 3 nitrogen and oxygen atoms in total. The zero-order valence-corrected chi connectivity index (χ0v) is 13.8. The summed E-state index contributed by atoms with van der Waals surface area (Å²) in [6, 6.07) is 10.5. The van der Waals surface area contributed by atoms with Gasteiger partial charge in [-0.1, -0.05) is 17.7 Å². The second kappa shape index (κ2) is 7.22.